The number of hydrogen-bond donors (Lipinski definition) is 1. The molecule has 6 heavy (non-hydrogen) atoms. The Morgan fingerprint density at radius 3 is 2.17 bits per heavy atom. The van der Waals surface area contributed by atoms with Crippen molar-refractivity contribution in [1.82, 2.24) is 0 Å². The number of carboxylic acid groups (broad SMARTS) is 1. The van der Waals surface area contributed by atoms with E-state index in [9.17, 15) is 0 Å². The van der Waals surface area contributed by atoms with Crippen LogP contribution in [0.4, 0.5) is 4.79 Å². The number of hydrogen-bond acceptors (Lipinski definition) is 2. The molecule has 0 aliphatic carbocycles. The minimum absolute atomic E-state index is 0. The van der Waals surface area contributed by atoms with E-state index in [1.807, 2.05) is 0 Å². The van der Waals surface area contributed by atoms with Crippen LogP contribution in [0, 0.1) is 0 Å². The van der Waals surface area contributed by atoms with Crippen molar-refractivity contribution in [2.45, 2.75) is 0 Å². The van der Waals surface area contributed by atoms with Crippen LogP contribution in [-0.4, -0.2) is 11.3 Å². The Labute approximate surface area is 63.2 Å². The third-order valence-corrected chi connectivity index (χ3v) is 0.198. The molecule has 0 saturated heterocycles. The van der Waals surface area contributed by atoms with E-state index >= 15 is 0 Å². The van der Waals surface area contributed by atoms with Crippen molar-refractivity contribution in [2.75, 3.05) is 0 Å². The zero-order valence-electron chi connectivity index (χ0n) is 4.14. The summed E-state index contributed by atoms with van der Waals surface area (Å²) in [6, 6.07) is 0. The van der Waals surface area contributed by atoms with E-state index in [2.05, 4.69) is 16.2 Å². The maximum Gasteiger partial charge on any atom is 1.00 e. The molecule has 0 aromatic rings. The fourth-order valence-electron chi connectivity index (χ4n) is 0. The van der Waals surface area contributed by atoms with Gasteiger partial charge in [0.2, 0.25) is 0 Å². The Bertz CT molecular complexity index is 50.2. The third kappa shape index (κ3) is 8.82. The van der Waals surface area contributed by atoms with Crippen molar-refractivity contribution in [3.05, 3.63) is 0 Å². The zero-order valence-corrected chi connectivity index (χ0v) is 5.90. The topological polar surface area (TPSA) is 46.5 Å². The first kappa shape index (κ1) is 9.75. The van der Waals surface area contributed by atoms with Crippen molar-refractivity contribution in [3.63, 3.8) is 0 Å². The summed E-state index contributed by atoms with van der Waals surface area (Å²) in [6.07, 6.45) is -1.48. The largest absolute Gasteiger partial charge is 1.00 e. The van der Waals surface area contributed by atoms with Gasteiger partial charge in [-0.2, -0.15) is 0 Å². The zero-order chi connectivity index (χ0) is 4.28. The molecule has 0 fully saturated rings. The SMILES string of the molecule is O=C(O)OCl.[H-].[Na+]. The van der Waals surface area contributed by atoms with Gasteiger partial charge in [-0.15, -0.1) is 0 Å². The van der Waals surface area contributed by atoms with Crippen LogP contribution in [0.3, 0.4) is 0 Å². The van der Waals surface area contributed by atoms with Gasteiger partial charge in [-0.3, -0.25) is 0 Å². The molecule has 0 heterocycles. The van der Waals surface area contributed by atoms with Crippen molar-refractivity contribution >= 4 is 18.0 Å². The molecule has 0 aliphatic rings. The van der Waals surface area contributed by atoms with Crippen LogP contribution in [0.25, 0.3) is 0 Å². The molecular weight excluding hydrogens is 118 g/mol. The van der Waals surface area contributed by atoms with Crippen LogP contribution in [0.15, 0.2) is 0 Å². The molecule has 0 aromatic heterocycles. The van der Waals surface area contributed by atoms with Crippen LogP contribution >= 0.6 is 11.9 Å². The van der Waals surface area contributed by atoms with Gasteiger partial charge in [-0.1, -0.05) is 0 Å². The summed E-state index contributed by atoms with van der Waals surface area (Å²) in [6.45, 7) is 0. The van der Waals surface area contributed by atoms with Crippen LogP contribution in [0.1, 0.15) is 1.43 Å². The molecule has 0 rings (SSSR count). The van der Waals surface area contributed by atoms with E-state index in [-0.39, 0.29) is 31.0 Å². The van der Waals surface area contributed by atoms with E-state index in [0.29, 0.717) is 0 Å². The van der Waals surface area contributed by atoms with E-state index in [1.54, 1.807) is 0 Å². The Morgan fingerprint density at radius 1 is 2.00 bits per heavy atom. The molecule has 0 unspecified atom stereocenters. The molecule has 1 N–H and O–H groups in total. The Kier molecular flexibility index (Phi) is 9.04. The van der Waals surface area contributed by atoms with Crippen LogP contribution < -0.4 is 29.6 Å². The maximum absolute atomic E-state index is 9.01. The number of carbonyl (C=O) groups is 1. The minimum Gasteiger partial charge on any atom is -1.00 e. The smallest absolute Gasteiger partial charge is 1.00 e. The van der Waals surface area contributed by atoms with Gasteiger partial charge in [0.15, 0.2) is 0 Å². The standard InChI is InChI=1S/CHClO3.Na.H/c2-5-1(3)4;;/h(H,3,4);;/q;+1;-1. The molecule has 0 spiro atoms. The summed E-state index contributed by atoms with van der Waals surface area (Å²) >= 11 is 4.24. The summed E-state index contributed by atoms with van der Waals surface area (Å²) in [5.41, 5.74) is 0. The molecule has 32 valence electrons. The second kappa shape index (κ2) is 5.56. The van der Waals surface area contributed by atoms with Crippen molar-refractivity contribution in [1.29, 1.82) is 0 Å². The summed E-state index contributed by atoms with van der Waals surface area (Å²) < 4.78 is 3.14. The molecule has 5 heteroatoms. The molecule has 0 bridgehead atoms. The van der Waals surface area contributed by atoms with E-state index in [0.717, 1.165) is 0 Å². The normalized spacial score (nSPS) is 5.50. The monoisotopic (exact) mass is 120 g/mol. The predicted molar refractivity (Wildman–Crippen MR) is 16.1 cm³/mol. The van der Waals surface area contributed by atoms with E-state index < -0.39 is 6.16 Å². The third-order valence-electron chi connectivity index (χ3n) is 0.0660. The van der Waals surface area contributed by atoms with Crippen LogP contribution in [0.2, 0.25) is 0 Å². The molecule has 3 nitrogen and oxygen atoms in total. The second-order valence-electron chi connectivity index (χ2n) is 0.343. The Hall–Kier alpha value is 0.560. The van der Waals surface area contributed by atoms with Gasteiger partial charge in [0, 0.05) is 0 Å². The molecule has 0 radical (unpaired) electrons. The fraction of sp³-hybridized carbons (Fsp3) is 0. The maximum atomic E-state index is 9.01. The van der Waals surface area contributed by atoms with Crippen LogP contribution in [0.5, 0.6) is 0 Å². The molecular formula is CH2ClNaO3. The fourth-order valence-corrected chi connectivity index (χ4v) is 0. The van der Waals surface area contributed by atoms with Crippen LogP contribution in [-0.2, 0) is 4.29 Å². The first-order chi connectivity index (χ1) is 2.27. The molecule has 0 amide bonds. The van der Waals surface area contributed by atoms with Gasteiger partial charge in [-0.05, 0) is 0 Å². The van der Waals surface area contributed by atoms with Gasteiger partial charge in [0.1, 0.15) is 11.9 Å². The van der Waals surface area contributed by atoms with Gasteiger partial charge < -0.3 is 10.8 Å². The average Bonchev–Trinajstić information content (AvgIpc) is 1.38. The Balaban J connectivity index is -0.0000000800. The average molecular weight is 120 g/mol. The summed E-state index contributed by atoms with van der Waals surface area (Å²) in [4.78, 5) is 9.01. The number of halogens is 1. The predicted octanol–water partition coefficient (Wildman–Crippen LogP) is -2.05. The summed E-state index contributed by atoms with van der Waals surface area (Å²) in [5.74, 6) is 0. The van der Waals surface area contributed by atoms with E-state index in [4.69, 9.17) is 9.90 Å². The molecule has 0 saturated carbocycles. The quantitative estimate of drug-likeness (QED) is 0.375. The first-order valence-electron chi connectivity index (χ1n) is 0.786. The molecule has 0 atom stereocenters. The Morgan fingerprint density at radius 2 is 2.17 bits per heavy atom. The second-order valence-corrected chi connectivity index (χ2v) is 0.497. The molecule has 0 aromatic carbocycles. The van der Waals surface area contributed by atoms with Crippen molar-refractivity contribution in [2.24, 2.45) is 0 Å². The summed E-state index contributed by atoms with van der Waals surface area (Å²) in [7, 11) is 0. The summed E-state index contributed by atoms with van der Waals surface area (Å²) in [5, 5.41) is 7.37. The van der Waals surface area contributed by atoms with Crippen molar-refractivity contribution < 1.29 is 45.2 Å². The number of rotatable bonds is 0. The first-order valence-corrected chi connectivity index (χ1v) is 1.09. The van der Waals surface area contributed by atoms with Gasteiger partial charge in [0.05, 0.1) is 0 Å². The van der Waals surface area contributed by atoms with Gasteiger partial charge >= 0.3 is 35.7 Å². The van der Waals surface area contributed by atoms with Gasteiger partial charge in [-0.25, -0.2) is 4.79 Å². The van der Waals surface area contributed by atoms with E-state index in [1.165, 1.54) is 0 Å². The van der Waals surface area contributed by atoms with Gasteiger partial charge in [0.25, 0.3) is 0 Å². The minimum atomic E-state index is -1.48. The molecule has 0 aliphatic heterocycles. The van der Waals surface area contributed by atoms with Crippen molar-refractivity contribution in [3.8, 4) is 0 Å².